The van der Waals surface area contributed by atoms with E-state index in [1.807, 2.05) is 27.7 Å². The summed E-state index contributed by atoms with van der Waals surface area (Å²) in [5.41, 5.74) is 11.4. The van der Waals surface area contributed by atoms with Crippen molar-refractivity contribution in [2.45, 2.75) is 59.5 Å². The van der Waals surface area contributed by atoms with Gasteiger partial charge in [-0.15, -0.1) is 0 Å². The minimum atomic E-state index is -0.468. The van der Waals surface area contributed by atoms with Gasteiger partial charge in [-0.25, -0.2) is 9.97 Å². The van der Waals surface area contributed by atoms with Crippen LogP contribution in [0.1, 0.15) is 27.7 Å². The highest BCUT2D eigenvalue weighted by molar-refractivity contribution is 5.71. The van der Waals surface area contributed by atoms with E-state index in [2.05, 4.69) is 29.9 Å². The minimum absolute atomic E-state index is 0.0103. The molecule has 1 atom stereocenters. The number of aliphatic hydroxyl groups is 1. The molecule has 0 aromatic carbocycles. The maximum atomic E-state index is 11.6. The Morgan fingerprint density at radius 3 is 1.85 bits per heavy atom. The lowest BCUT2D eigenvalue weighted by Gasteiger charge is -2.17. The molecule has 0 aliphatic rings. The summed E-state index contributed by atoms with van der Waals surface area (Å²) >= 11 is 0. The summed E-state index contributed by atoms with van der Waals surface area (Å²) in [4.78, 5) is 43.9. The van der Waals surface area contributed by atoms with Gasteiger partial charge in [0.05, 0.1) is 51.3 Å². The van der Waals surface area contributed by atoms with Gasteiger partial charge in [-0.3, -0.25) is 28.7 Å². The highest BCUT2D eigenvalue weighted by Gasteiger charge is 2.13. The molecule has 4 aromatic heterocycles. The van der Waals surface area contributed by atoms with Crippen LogP contribution in [0.5, 0.6) is 0 Å². The molecule has 4 heterocycles. The summed E-state index contributed by atoms with van der Waals surface area (Å²) in [5.74, 6) is 0.0680. The lowest BCUT2D eigenvalue weighted by atomic mass is 10.4. The van der Waals surface area contributed by atoms with Gasteiger partial charge in [0, 0.05) is 0 Å². The van der Waals surface area contributed by atoms with Gasteiger partial charge in [0.25, 0.3) is 11.1 Å². The first-order chi connectivity index (χ1) is 19.1. The number of ether oxygens (including phenoxy) is 4. The Morgan fingerprint density at radius 1 is 0.825 bits per heavy atom. The van der Waals surface area contributed by atoms with E-state index in [1.165, 1.54) is 12.7 Å². The second kappa shape index (κ2) is 14.5. The standard InChI is InChI=1S/C12H19N5O4.C11H17N5O3/c1-7(2)20-4-8(3-18)21-6-17-5-14-9-10(17)15-12(13)16-11(9)19;1-7(2)19-4-3-18-6-16-5-13-8-9(16)14-11(12)15-10(8)17/h5,7-8,18H,3-4,6H2,1-2H3,(H3,13,15,16,19);5,7H,3-4,6H2,1-2H3,(H3,12,14,15,17). The number of nitrogens with one attached hydrogen (secondary N) is 2. The van der Waals surface area contributed by atoms with Gasteiger partial charge in [0.15, 0.2) is 22.3 Å². The Morgan fingerprint density at radius 2 is 1.35 bits per heavy atom. The first-order valence-corrected chi connectivity index (χ1v) is 12.5. The van der Waals surface area contributed by atoms with Crippen molar-refractivity contribution in [2.75, 3.05) is 37.9 Å². The first kappa shape index (κ1) is 30.6. The fourth-order valence-corrected chi connectivity index (χ4v) is 3.28. The number of aromatic amines is 2. The van der Waals surface area contributed by atoms with Crippen molar-refractivity contribution in [3.05, 3.63) is 33.4 Å². The summed E-state index contributed by atoms with van der Waals surface area (Å²) < 4.78 is 24.8. The third kappa shape index (κ3) is 8.55. The van der Waals surface area contributed by atoms with Crippen molar-refractivity contribution in [2.24, 2.45) is 0 Å². The van der Waals surface area contributed by atoms with Crippen LogP contribution in [0.15, 0.2) is 22.2 Å². The van der Waals surface area contributed by atoms with Crippen LogP contribution in [0.25, 0.3) is 22.3 Å². The van der Waals surface area contributed by atoms with E-state index in [4.69, 9.17) is 30.4 Å². The highest BCUT2D eigenvalue weighted by atomic mass is 16.5. The molecule has 0 bridgehead atoms. The molecular weight excluding hydrogens is 528 g/mol. The van der Waals surface area contributed by atoms with Crippen LogP contribution >= 0.6 is 0 Å². The normalized spacial score (nSPS) is 12.4. The number of aliphatic hydroxyl groups excluding tert-OH is 1. The Hall–Kier alpha value is -3.90. The average Bonchev–Trinajstić information content (AvgIpc) is 3.48. The molecule has 0 saturated heterocycles. The van der Waals surface area contributed by atoms with E-state index in [1.54, 1.807) is 9.13 Å². The summed E-state index contributed by atoms with van der Waals surface area (Å²) in [6.07, 6.45) is 2.69. The lowest BCUT2D eigenvalue weighted by molar-refractivity contribution is -0.0776. The number of rotatable bonds is 13. The number of hydrogen-bond donors (Lipinski definition) is 5. The first-order valence-electron chi connectivity index (χ1n) is 12.5. The molecule has 4 rings (SSSR count). The maximum absolute atomic E-state index is 11.6. The second-order valence-corrected chi connectivity index (χ2v) is 9.11. The molecule has 1 unspecified atom stereocenters. The fourth-order valence-electron chi connectivity index (χ4n) is 3.28. The summed E-state index contributed by atoms with van der Waals surface area (Å²) in [7, 11) is 0. The molecule has 0 aliphatic carbocycles. The van der Waals surface area contributed by atoms with Crippen molar-refractivity contribution in [1.29, 1.82) is 0 Å². The van der Waals surface area contributed by atoms with Gasteiger partial charge < -0.3 is 35.5 Å². The lowest BCUT2D eigenvalue weighted by Crippen LogP contribution is -2.26. The molecule has 17 nitrogen and oxygen atoms in total. The number of H-pyrrole nitrogens is 2. The molecule has 0 fully saturated rings. The van der Waals surface area contributed by atoms with Crippen LogP contribution in [-0.2, 0) is 32.4 Å². The van der Waals surface area contributed by atoms with Gasteiger partial charge >= 0.3 is 0 Å². The van der Waals surface area contributed by atoms with E-state index in [0.717, 1.165) is 0 Å². The van der Waals surface area contributed by atoms with Crippen LogP contribution in [0.2, 0.25) is 0 Å². The van der Waals surface area contributed by atoms with E-state index in [0.29, 0.717) is 24.5 Å². The number of nitrogens with two attached hydrogens (primary N) is 2. The molecule has 220 valence electrons. The average molecular weight is 565 g/mol. The monoisotopic (exact) mass is 564 g/mol. The zero-order chi connectivity index (χ0) is 29.2. The van der Waals surface area contributed by atoms with Crippen LogP contribution in [0.4, 0.5) is 11.9 Å². The molecule has 0 radical (unpaired) electrons. The molecule has 7 N–H and O–H groups in total. The number of imidazole rings is 2. The van der Waals surface area contributed by atoms with Gasteiger partial charge in [0.1, 0.15) is 19.6 Å². The van der Waals surface area contributed by atoms with Gasteiger partial charge in [-0.2, -0.15) is 9.97 Å². The van der Waals surface area contributed by atoms with Crippen molar-refractivity contribution >= 4 is 34.2 Å². The molecule has 40 heavy (non-hydrogen) atoms. The van der Waals surface area contributed by atoms with Crippen molar-refractivity contribution in [3.8, 4) is 0 Å². The van der Waals surface area contributed by atoms with E-state index < -0.39 is 11.7 Å². The van der Waals surface area contributed by atoms with E-state index in [-0.39, 0.29) is 67.4 Å². The van der Waals surface area contributed by atoms with E-state index >= 15 is 0 Å². The van der Waals surface area contributed by atoms with Crippen molar-refractivity contribution in [3.63, 3.8) is 0 Å². The second-order valence-electron chi connectivity index (χ2n) is 9.11. The number of fused-ring (bicyclic) bond motifs is 2. The predicted molar refractivity (Wildman–Crippen MR) is 145 cm³/mol. The topological polar surface area (TPSA) is 236 Å². The molecule has 4 aromatic rings. The number of anilines is 2. The third-order valence-corrected chi connectivity index (χ3v) is 5.16. The van der Waals surface area contributed by atoms with Gasteiger partial charge in [-0.1, -0.05) is 0 Å². The van der Waals surface area contributed by atoms with Gasteiger partial charge in [0.2, 0.25) is 11.9 Å². The molecule has 0 amide bonds. The number of aromatic nitrogens is 8. The number of nitrogens with zero attached hydrogens (tertiary/aromatic N) is 6. The molecule has 0 saturated carbocycles. The van der Waals surface area contributed by atoms with Gasteiger partial charge in [-0.05, 0) is 27.7 Å². The Bertz CT molecular complexity index is 1480. The van der Waals surface area contributed by atoms with Crippen molar-refractivity contribution < 1.29 is 24.1 Å². The quantitative estimate of drug-likeness (QED) is 0.130. The van der Waals surface area contributed by atoms with Crippen LogP contribution in [0, 0.1) is 0 Å². The predicted octanol–water partition coefficient (Wildman–Crippen LogP) is -0.437. The fraction of sp³-hybridized carbons (Fsp3) is 0.565. The summed E-state index contributed by atoms with van der Waals surface area (Å²) in [5, 5.41) is 9.25. The Labute approximate surface area is 228 Å². The van der Waals surface area contributed by atoms with Crippen LogP contribution in [0.3, 0.4) is 0 Å². The Kier molecular flexibility index (Phi) is 11.1. The summed E-state index contributed by atoms with van der Waals surface area (Å²) in [6, 6.07) is 0. The molecule has 0 spiro atoms. The SMILES string of the molecule is CC(C)OCC(CO)OCn1cnc2c(=O)[nH]c(N)nc21.CC(C)OCCOCn1cnc2c(=O)[nH]c(N)nc21. The van der Waals surface area contributed by atoms with Crippen LogP contribution in [-0.4, -0.2) is 88.9 Å². The zero-order valence-corrected chi connectivity index (χ0v) is 22.9. The zero-order valence-electron chi connectivity index (χ0n) is 22.9. The minimum Gasteiger partial charge on any atom is -0.394 e. The summed E-state index contributed by atoms with van der Waals surface area (Å²) in [6.45, 7) is 9.12. The number of hydrogen-bond acceptors (Lipinski definition) is 13. The van der Waals surface area contributed by atoms with Crippen LogP contribution < -0.4 is 22.6 Å². The van der Waals surface area contributed by atoms with Crippen molar-refractivity contribution in [1.82, 2.24) is 39.0 Å². The third-order valence-electron chi connectivity index (χ3n) is 5.16. The van der Waals surface area contributed by atoms with E-state index in [9.17, 15) is 14.7 Å². The maximum Gasteiger partial charge on any atom is 0.280 e. The molecule has 0 aliphatic heterocycles. The molecule has 17 heteroatoms. The molecular formula is C23H36N10O7. The highest BCUT2D eigenvalue weighted by Crippen LogP contribution is 2.08. The largest absolute Gasteiger partial charge is 0.394 e. The Balaban J connectivity index is 0.000000222. The smallest absolute Gasteiger partial charge is 0.280 e. The number of nitrogen functional groups attached to an aromatic ring is 2.